The summed E-state index contributed by atoms with van der Waals surface area (Å²) in [7, 11) is 0. The SMILES string of the molecule is Cc1cn2ccnc2nc1Cl. The van der Waals surface area contributed by atoms with Crippen LogP contribution < -0.4 is 0 Å². The van der Waals surface area contributed by atoms with Crippen molar-refractivity contribution in [2.75, 3.05) is 0 Å². The Hall–Kier alpha value is -1.09. The Kier molecular flexibility index (Phi) is 1.32. The highest BCUT2D eigenvalue weighted by Crippen LogP contribution is 2.11. The smallest absolute Gasteiger partial charge is 0.235 e. The van der Waals surface area contributed by atoms with Gasteiger partial charge in [-0.15, -0.1) is 0 Å². The Bertz CT molecular complexity index is 357. The van der Waals surface area contributed by atoms with E-state index in [1.807, 2.05) is 23.7 Å². The zero-order valence-electron chi connectivity index (χ0n) is 5.95. The molecular formula is C7H6ClN3. The molecule has 56 valence electrons. The second-order valence-corrected chi connectivity index (χ2v) is 2.71. The molecule has 2 heterocycles. The molecule has 0 atom stereocenters. The molecule has 0 aliphatic heterocycles. The fraction of sp³-hybridized carbons (Fsp3) is 0.143. The largest absolute Gasteiger partial charge is 0.291 e. The average Bonchev–Trinajstić information content (AvgIpc) is 2.36. The molecule has 0 fully saturated rings. The minimum atomic E-state index is 0.517. The van der Waals surface area contributed by atoms with Gasteiger partial charge in [-0.05, 0) is 6.92 Å². The Morgan fingerprint density at radius 1 is 1.55 bits per heavy atom. The van der Waals surface area contributed by atoms with Crippen molar-refractivity contribution in [2.24, 2.45) is 0 Å². The van der Waals surface area contributed by atoms with Gasteiger partial charge in [0.25, 0.3) is 0 Å². The van der Waals surface area contributed by atoms with Crippen molar-refractivity contribution >= 4 is 17.4 Å². The molecule has 2 rings (SSSR count). The van der Waals surface area contributed by atoms with Crippen LogP contribution in [0.15, 0.2) is 18.6 Å². The lowest BCUT2D eigenvalue weighted by Crippen LogP contribution is -1.90. The fourth-order valence-corrected chi connectivity index (χ4v) is 1.05. The highest BCUT2D eigenvalue weighted by atomic mass is 35.5. The minimum Gasteiger partial charge on any atom is -0.291 e. The molecule has 0 aliphatic carbocycles. The Morgan fingerprint density at radius 2 is 2.36 bits per heavy atom. The van der Waals surface area contributed by atoms with E-state index >= 15 is 0 Å². The van der Waals surface area contributed by atoms with Gasteiger partial charge in [-0.25, -0.2) is 9.97 Å². The summed E-state index contributed by atoms with van der Waals surface area (Å²) in [6.45, 7) is 1.91. The lowest BCUT2D eigenvalue weighted by atomic mass is 10.4. The molecule has 0 bridgehead atoms. The van der Waals surface area contributed by atoms with E-state index in [0.29, 0.717) is 10.9 Å². The lowest BCUT2D eigenvalue weighted by Gasteiger charge is -1.96. The van der Waals surface area contributed by atoms with Gasteiger partial charge < -0.3 is 0 Å². The van der Waals surface area contributed by atoms with Gasteiger partial charge in [0.1, 0.15) is 5.15 Å². The third kappa shape index (κ3) is 0.973. The molecule has 0 unspecified atom stereocenters. The van der Waals surface area contributed by atoms with Gasteiger partial charge in [-0.3, -0.25) is 4.40 Å². The van der Waals surface area contributed by atoms with Crippen molar-refractivity contribution in [1.82, 2.24) is 14.4 Å². The second-order valence-electron chi connectivity index (χ2n) is 2.35. The molecule has 2 aromatic rings. The van der Waals surface area contributed by atoms with Crippen LogP contribution in [-0.2, 0) is 0 Å². The van der Waals surface area contributed by atoms with Crippen LogP contribution in [0, 0.1) is 6.92 Å². The van der Waals surface area contributed by atoms with Gasteiger partial charge in [0, 0.05) is 24.2 Å². The molecule has 0 aliphatic rings. The number of nitrogens with zero attached hydrogens (tertiary/aromatic N) is 3. The lowest BCUT2D eigenvalue weighted by molar-refractivity contribution is 1.08. The normalized spacial score (nSPS) is 10.7. The highest BCUT2D eigenvalue weighted by molar-refractivity contribution is 6.30. The first-order valence-corrected chi connectivity index (χ1v) is 3.61. The topological polar surface area (TPSA) is 30.2 Å². The predicted molar refractivity (Wildman–Crippen MR) is 42.7 cm³/mol. The summed E-state index contributed by atoms with van der Waals surface area (Å²) >= 11 is 5.78. The van der Waals surface area contributed by atoms with Gasteiger partial charge in [0.15, 0.2) is 0 Å². The molecule has 2 aromatic heterocycles. The zero-order valence-corrected chi connectivity index (χ0v) is 6.71. The molecule has 0 saturated heterocycles. The molecule has 0 aromatic carbocycles. The summed E-state index contributed by atoms with van der Waals surface area (Å²) in [4.78, 5) is 8.04. The van der Waals surface area contributed by atoms with Crippen LogP contribution in [0.3, 0.4) is 0 Å². The molecule has 0 radical (unpaired) electrons. The van der Waals surface area contributed by atoms with Crippen LogP contribution in [-0.4, -0.2) is 14.4 Å². The number of aromatic nitrogens is 3. The van der Waals surface area contributed by atoms with Gasteiger partial charge >= 0.3 is 0 Å². The van der Waals surface area contributed by atoms with Crippen molar-refractivity contribution in [2.45, 2.75) is 6.92 Å². The summed E-state index contributed by atoms with van der Waals surface area (Å²) in [5, 5.41) is 0.517. The molecular weight excluding hydrogens is 162 g/mol. The molecule has 3 nitrogen and oxygen atoms in total. The van der Waals surface area contributed by atoms with E-state index in [0.717, 1.165) is 5.56 Å². The quantitative estimate of drug-likeness (QED) is 0.559. The van der Waals surface area contributed by atoms with E-state index < -0.39 is 0 Å². The maximum absolute atomic E-state index is 5.78. The van der Waals surface area contributed by atoms with Crippen LogP contribution in [0.1, 0.15) is 5.56 Å². The predicted octanol–water partition coefficient (Wildman–Crippen LogP) is 1.69. The van der Waals surface area contributed by atoms with Crippen molar-refractivity contribution in [3.63, 3.8) is 0 Å². The van der Waals surface area contributed by atoms with E-state index in [-0.39, 0.29) is 0 Å². The van der Waals surface area contributed by atoms with E-state index in [2.05, 4.69) is 9.97 Å². The standard InChI is InChI=1S/C7H6ClN3/c1-5-4-11-3-2-9-7(11)10-6(5)8/h2-4H,1H3. The minimum absolute atomic E-state index is 0.517. The number of hydrogen-bond donors (Lipinski definition) is 0. The van der Waals surface area contributed by atoms with E-state index in [1.165, 1.54) is 0 Å². The summed E-state index contributed by atoms with van der Waals surface area (Å²) in [5.41, 5.74) is 0.956. The Balaban J connectivity index is 2.86. The van der Waals surface area contributed by atoms with Crippen LogP contribution in [0.25, 0.3) is 5.78 Å². The summed E-state index contributed by atoms with van der Waals surface area (Å²) in [5.74, 6) is 0.639. The number of aryl methyl sites for hydroxylation is 1. The van der Waals surface area contributed by atoms with Gasteiger partial charge in [0.05, 0.1) is 0 Å². The number of rotatable bonds is 0. The van der Waals surface area contributed by atoms with Gasteiger partial charge in [-0.1, -0.05) is 11.6 Å². The van der Waals surface area contributed by atoms with E-state index in [1.54, 1.807) is 6.20 Å². The zero-order chi connectivity index (χ0) is 7.84. The van der Waals surface area contributed by atoms with Crippen molar-refractivity contribution < 1.29 is 0 Å². The van der Waals surface area contributed by atoms with Gasteiger partial charge in [-0.2, -0.15) is 0 Å². The van der Waals surface area contributed by atoms with Crippen molar-refractivity contribution in [3.05, 3.63) is 29.3 Å². The molecule has 0 N–H and O–H groups in total. The first-order valence-electron chi connectivity index (χ1n) is 3.23. The number of halogens is 1. The van der Waals surface area contributed by atoms with Crippen LogP contribution in [0.4, 0.5) is 0 Å². The van der Waals surface area contributed by atoms with Crippen molar-refractivity contribution in [3.8, 4) is 0 Å². The maximum atomic E-state index is 5.78. The van der Waals surface area contributed by atoms with Gasteiger partial charge in [0.2, 0.25) is 5.78 Å². The summed E-state index contributed by atoms with van der Waals surface area (Å²) < 4.78 is 1.83. The molecule has 4 heteroatoms. The maximum Gasteiger partial charge on any atom is 0.235 e. The average molecular weight is 168 g/mol. The third-order valence-corrected chi connectivity index (χ3v) is 1.89. The third-order valence-electron chi connectivity index (χ3n) is 1.50. The first-order chi connectivity index (χ1) is 5.27. The molecule has 0 saturated carbocycles. The van der Waals surface area contributed by atoms with Crippen LogP contribution in [0.5, 0.6) is 0 Å². The van der Waals surface area contributed by atoms with E-state index in [9.17, 15) is 0 Å². The van der Waals surface area contributed by atoms with Crippen LogP contribution in [0.2, 0.25) is 5.15 Å². The first kappa shape index (κ1) is 6.61. The Labute approximate surface area is 68.7 Å². The highest BCUT2D eigenvalue weighted by Gasteiger charge is 1.99. The summed E-state index contributed by atoms with van der Waals surface area (Å²) in [6.07, 6.45) is 5.43. The number of imidazole rings is 1. The second kappa shape index (κ2) is 2.20. The molecule has 0 amide bonds. The van der Waals surface area contributed by atoms with E-state index in [4.69, 9.17) is 11.6 Å². The number of fused-ring (bicyclic) bond motifs is 1. The van der Waals surface area contributed by atoms with Crippen LogP contribution >= 0.6 is 11.6 Å². The summed E-state index contributed by atoms with van der Waals surface area (Å²) in [6, 6.07) is 0. The molecule has 11 heavy (non-hydrogen) atoms. The fourth-order valence-electron chi connectivity index (χ4n) is 0.930. The van der Waals surface area contributed by atoms with Crippen molar-refractivity contribution in [1.29, 1.82) is 0 Å². The Morgan fingerprint density at radius 3 is 3.18 bits per heavy atom. The number of hydrogen-bond acceptors (Lipinski definition) is 2. The molecule has 0 spiro atoms. The monoisotopic (exact) mass is 167 g/mol.